The van der Waals surface area contributed by atoms with Crippen LogP contribution in [0.5, 0.6) is 0 Å². The molecule has 0 aliphatic carbocycles. The van der Waals surface area contributed by atoms with Gasteiger partial charge in [0, 0.05) is 22.1 Å². The molecule has 1 heterocycles. The van der Waals surface area contributed by atoms with E-state index in [1.165, 1.54) is 11.5 Å². The van der Waals surface area contributed by atoms with Gasteiger partial charge in [-0.25, -0.2) is 0 Å². The van der Waals surface area contributed by atoms with Gasteiger partial charge in [-0.3, -0.25) is 0 Å². The molecule has 1 unspecified atom stereocenters. The van der Waals surface area contributed by atoms with Crippen molar-refractivity contribution in [3.8, 4) is 0 Å². The Balaban J connectivity index is 2.36. The first-order valence-electron chi connectivity index (χ1n) is 2.29. The van der Waals surface area contributed by atoms with Gasteiger partial charge in [0.05, 0.1) is 0 Å². The van der Waals surface area contributed by atoms with Crippen LogP contribution in [0.15, 0.2) is 10.8 Å². The van der Waals surface area contributed by atoms with Crippen molar-refractivity contribution in [3.63, 3.8) is 0 Å². The van der Waals surface area contributed by atoms with Gasteiger partial charge in [-0.1, -0.05) is 0 Å². The third-order valence-electron chi connectivity index (χ3n) is 0.907. The third kappa shape index (κ3) is 1.78. The van der Waals surface area contributed by atoms with Crippen LogP contribution in [0, 0.1) is 0 Å². The lowest BCUT2D eigenvalue weighted by Crippen LogP contribution is -2.05. The zero-order valence-electron chi connectivity index (χ0n) is 4.39. The standard InChI is InChI=1S/C5H9S2/c1-7-4-2-6-3-5-7/h2,4H,3,5H2,1H3/q+1. The van der Waals surface area contributed by atoms with E-state index in [9.17, 15) is 0 Å². The van der Waals surface area contributed by atoms with E-state index in [4.69, 9.17) is 0 Å². The van der Waals surface area contributed by atoms with Crippen LogP contribution >= 0.6 is 11.8 Å². The SMILES string of the molecule is C[S+]1C=CSCC1. The normalized spacial score (nSPS) is 30.7. The highest BCUT2D eigenvalue weighted by molar-refractivity contribution is 8.07. The van der Waals surface area contributed by atoms with Crippen molar-refractivity contribution in [2.75, 3.05) is 17.8 Å². The molecule has 0 saturated heterocycles. The smallest absolute Gasteiger partial charge is 0.125 e. The molecule has 0 amide bonds. The van der Waals surface area contributed by atoms with Gasteiger partial charge in [0.25, 0.3) is 0 Å². The Morgan fingerprint density at radius 3 is 2.86 bits per heavy atom. The minimum absolute atomic E-state index is 0.608. The Labute approximate surface area is 51.7 Å². The fraction of sp³-hybridized carbons (Fsp3) is 0.600. The lowest BCUT2D eigenvalue weighted by Gasteiger charge is -1.99. The zero-order valence-corrected chi connectivity index (χ0v) is 6.02. The molecule has 0 nitrogen and oxygen atoms in total. The van der Waals surface area contributed by atoms with E-state index in [0.29, 0.717) is 10.9 Å². The van der Waals surface area contributed by atoms with Crippen molar-refractivity contribution >= 4 is 22.7 Å². The first kappa shape index (κ1) is 5.57. The van der Waals surface area contributed by atoms with Crippen LogP contribution in [-0.4, -0.2) is 17.8 Å². The molecule has 0 aromatic heterocycles. The van der Waals surface area contributed by atoms with Crippen molar-refractivity contribution in [2.24, 2.45) is 0 Å². The fourth-order valence-corrected chi connectivity index (χ4v) is 3.23. The quantitative estimate of drug-likeness (QED) is 0.451. The third-order valence-corrected chi connectivity index (χ3v) is 3.56. The van der Waals surface area contributed by atoms with Gasteiger partial charge >= 0.3 is 0 Å². The molecule has 40 valence electrons. The van der Waals surface area contributed by atoms with Gasteiger partial charge in [0.15, 0.2) is 0 Å². The maximum absolute atomic E-state index is 2.30. The Morgan fingerprint density at radius 1 is 1.71 bits per heavy atom. The molecule has 1 atom stereocenters. The van der Waals surface area contributed by atoms with Gasteiger partial charge in [0.1, 0.15) is 17.4 Å². The molecular weight excluding hydrogens is 124 g/mol. The summed E-state index contributed by atoms with van der Waals surface area (Å²) in [5, 5.41) is 4.51. The molecule has 0 aromatic rings. The van der Waals surface area contributed by atoms with Gasteiger partial charge in [-0.15, -0.1) is 11.8 Å². The summed E-state index contributed by atoms with van der Waals surface area (Å²) >= 11 is 1.93. The van der Waals surface area contributed by atoms with E-state index in [2.05, 4.69) is 17.1 Å². The Bertz CT molecular complexity index is 78.1. The summed E-state index contributed by atoms with van der Waals surface area (Å²) in [6.45, 7) is 0. The molecule has 0 aromatic carbocycles. The largest absolute Gasteiger partial charge is 0.125 e. The van der Waals surface area contributed by atoms with Gasteiger partial charge in [0.2, 0.25) is 0 Å². The van der Waals surface area contributed by atoms with Crippen LogP contribution in [0.4, 0.5) is 0 Å². The van der Waals surface area contributed by atoms with Crippen LogP contribution in [0.2, 0.25) is 0 Å². The Hall–Kier alpha value is 0.440. The highest BCUT2D eigenvalue weighted by Crippen LogP contribution is 2.12. The molecule has 1 rings (SSSR count). The molecule has 1 aliphatic rings. The fourth-order valence-electron chi connectivity index (χ4n) is 0.450. The molecule has 0 saturated carbocycles. The molecular formula is C5H9S2+. The highest BCUT2D eigenvalue weighted by atomic mass is 32.2. The summed E-state index contributed by atoms with van der Waals surface area (Å²) in [6.07, 6.45) is 2.29. The van der Waals surface area contributed by atoms with Gasteiger partial charge in [-0.05, 0) is 0 Å². The first-order chi connectivity index (χ1) is 3.39. The van der Waals surface area contributed by atoms with Crippen molar-refractivity contribution in [1.82, 2.24) is 0 Å². The predicted molar refractivity (Wildman–Crippen MR) is 39.8 cm³/mol. The summed E-state index contributed by atoms with van der Waals surface area (Å²) < 4.78 is 0. The van der Waals surface area contributed by atoms with Crippen molar-refractivity contribution in [2.45, 2.75) is 0 Å². The number of thioether (sulfide) groups is 1. The summed E-state index contributed by atoms with van der Waals surface area (Å²) in [4.78, 5) is 0. The van der Waals surface area contributed by atoms with Crippen molar-refractivity contribution < 1.29 is 0 Å². The topological polar surface area (TPSA) is 0 Å². The van der Waals surface area contributed by atoms with Crippen LogP contribution in [0.1, 0.15) is 0 Å². The highest BCUT2D eigenvalue weighted by Gasteiger charge is 2.08. The molecule has 0 N–H and O–H groups in total. The molecule has 0 bridgehead atoms. The second-order valence-corrected chi connectivity index (χ2v) is 4.61. The van der Waals surface area contributed by atoms with E-state index in [0.717, 1.165) is 0 Å². The van der Waals surface area contributed by atoms with Crippen LogP contribution in [0.3, 0.4) is 0 Å². The summed E-state index contributed by atoms with van der Waals surface area (Å²) in [7, 11) is 0.608. The predicted octanol–water partition coefficient (Wildman–Crippen LogP) is 1.45. The maximum atomic E-state index is 2.30. The molecule has 0 radical (unpaired) electrons. The first-order valence-corrected chi connectivity index (χ1v) is 5.20. The minimum atomic E-state index is 0.608. The van der Waals surface area contributed by atoms with E-state index in [1.54, 1.807) is 0 Å². The zero-order chi connectivity index (χ0) is 5.11. The van der Waals surface area contributed by atoms with Crippen LogP contribution in [0.25, 0.3) is 0 Å². The van der Waals surface area contributed by atoms with Crippen LogP contribution < -0.4 is 0 Å². The van der Waals surface area contributed by atoms with E-state index >= 15 is 0 Å². The van der Waals surface area contributed by atoms with Gasteiger partial charge in [-0.2, -0.15) is 0 Å². The van der Waals surface area contributed by atoms with E-state index < -0.39 is 0 Å². The lowest BCUT2D eigenvalue weighted by molar-refractivity contribution is 1.54. The van der Waals surface area contributed by atoms with Crippen molar-refractivity contribution in [3.05, 3.63) is 10.8 Å². The molecule has 7 heavy (non-hydrogen) atoms. The number of hydrogen-bond acceptors (Lipinski definition) is 1. The Morgan fingerprint density at radius 2 is 2.57 bits per heavy atom. The second kappa shape index (κ2) is 2.68. The van der Waals surface area contributed by atoms with Crippen molar-refractivity contribution in [1.29, 1.82) is 0 Å². The average Bonchev–Trinajstić information content (AvgIpc) is 1.69. The average molecular weight is 133 g/mol. The monoisotopic (exact) mass is 133 g/mol. The molecule has 0 fully saturated rings. The summed E-state index contributed by atoms with van der Waals surface area (Å²) in [5.74, 6) is 2.72. The second-order valence-electron chi connectivity index (χ2n) is 1.54. The Kier molecular flexibility index (Phi) is 2.13. The number of hydrogen-bond donors (Lipinski definition) is 0. The van der Waals surface area contributed by atoms with Crippen LogP contribution in [-0.2, 0) is 10.9 Å². The number of rotatable bonds is 0. The maximum Gasteiger partial charge on any atom is 0.125 e. The minimum Gasteiger partial charge on any atom is -0.125 e. The summed E-state index contributed by atoms with van der Waals surface area (Å²) in [6, 6.07) is 0. The van der Waals surface area contributed by atoms with Gasteiger partial charge < -0.3 is 0 Å². The summed E-state index contributed by atoms with van der Waals surface area (Å²) in [5.41, 5.74) is 0. The van der Waals surface area contributed by atoms with E-state index in [-0.39, 0.29) is 0 Å². The molecule has 1 aliphatic heterocycles. The lowest BCUT2D eigenvalue weighted by atomic mass is 11.0. The molecule has 2 heteroatoms. The molecule has 0 spiro atoms. The van der Waals surface area contributed by atoms with E-state index in [1.807, 2.05) is 11.8 Å².